The van der Waals surface area contributed by atoms with Gasteiger partial charge in [0.2, 0.25) is 0 Å². The summed E-state index contributed by atoms with van der Waals surface area (Å²) < 4.78 is 0. The van der Waals surface area contributed by atoms with Gasteiger partial charge in [0, 0.05) is 57.9 Å². The highest BCUT2D eigenvalue weighted by atomic mass is 35.5. The number of benzene rings is 2. The van der Waals surface area contributed by atoms with Gasteiger partial charge >= 0.3 is 0 Å². The third-order valence-corrected chi connectivity index (χ3v) is 5.37. The van der Waals surface area contributed by atoms with Crippen LogP contribution in [0.5, 0.6) is 0 Å². The van der Waals surface area contributed by atoms with Crippen LogP contribution in [-0.2, 0) is 6.42 Å². The molecule has 2 aromatic carbocycles. The molecule has 0 aliphatic heterocycles. The lowest BCUT2D eigenvalue weighted by molar-refractivity contribution is 0.0991. The Balaban J connectivity index is 0.000000176. The number of halogens is 2. The van der Waals surface area contributed by atoms with Crippen molar-refractivity contribution in [2.24, 2.45) is 0 Å². The Kier molecular flexibility index (Phi) is 7.73. The molecule has 0 fully saturated rings. The van der Waals surface area contributed by atoms with E-state index in [-0.39, 0.29) is 5.78 Å². The molecule has 5 nitrogen and oxygen atoms in total. The number of nitriles is 2. The molecule has 7 heteroatoms. The Morgan fingerprint density at radius 3 is 2.10 bits per heavy atom. The van der Waals surface area contributed by atoms with Crippen LogP contribution in [0.15, 0.2) is 48.8 Å². The predicted octanol–water partition coefficient (Wildman–Crippen LogP) is 6.06. The van der Waals surface area contributed by atoms with Gasteiger partial charge < -0.3 is 9.97 Å². The standard InChI is InChI=1S/C12H9ClN2O.C12H11ClN2/c13-4-3-12(16)10-7-15-11-2-1-8(6-14)5-9(10)11;13-5-1-2-10-8-15-12-4-3-9(7-14)6-11(10)12/h1-2,5,7,15H,3-4H2;3-4,6,8,15H,1-2,5H2. The Bertz CT molecular complexity index is 1290. The lowest BCUT2D eigenvalue weighted by Crippen LogP contribution is -1.98. The van der Waals surface area contributed by atoms with Crippen molar-refractivity contribution < 1.29 is 4.79 Å². The molecule has 2 N–H and O–H groups in total. The summed E-state index contributed by atoms with van der Waals surface area (Å²) in [4.78, 5) is 17.9. The minimum absolute atomic E-state index is 0.00339. The van der Waals surface area contributed by atoms with Gasteiger partial charge in [-0.25, -0.2) is 0 Å². The maximum absolute atomic E-state index is 11.7. The third kappa shape index (κ3) is 5.27. The molecule has 2 heterocycles. The summed E-state index contributed by atoms with van der Waals surface area (Å²) in [5.74, 6) is 0.977. The molecule has 31 heavy (non-hydrogen) atoms. The van der Waals surface area contributed by atoms with Crippen LogP contribution in [0.1, 0.15) is 39.9 Å². The van der Waals surface area contributed by atoms with Crippen LogP contribution < -0.4 is 0 Å². The number of rotatable bonds is 6. The Labute approximate surface area is 190 Å². The zero-order valence-electron chi connectivity index (χ0n) is 16.7. The van der Waals surface area contributed by atoms with Gasteiger partial charge in [-0.1, -0.05) is 0 Å². The first kappa shape index (κ1) is 22.4. The van der Waals surface area contributed by atoms with Gasteiger partial charge in [0.25, 0.3) is 0 Å². The molecule has 0 amide bonds. The highest BCUT2D eigenvalue weighted by Crippen LogP contribution is 2.22. The molecule has 2 aromatic heterocycles. The summed E-state index contributed by atoms with van der Waals surface area (Å²) in [6.07, 6.45) is 5.90. The van der Waals surface area contributed by atoms with E-state index in [1.165, 1.54) is 5.56 Å². The normalized spacial score (nSPS) is 10.3. The van der Waals surface area contributed by atoms with Crippen LogP contribution in [0, 0.1) is 22.7 Å². The predicted molar refractivity (Wildman–Crippen MR) is 125 cm³/mol. The van der Waals surface area contributed by atoms with Gasteiger partial charge in [-0.3, -0.25) is 4.79 Å². The van der Waals surface area contributed by atoms with E-state index in [2.05, 4.69) is 22.1 Å². The van der Waals surface area contributed by atoms with E-state index in [1.54, 1.807) is 24.4 Å². The number of H-pyrrole nitrogens is 2. The van der Waals surface area contributed by atoms with Crippen LogP contribution in [0.3, 0.4) is 0 Å². The van der Waals surface area contributed by atoms with Crippen molar-refractivity contribution in [1.82, 2.24) is 9.97 Å². The fourth-order valence-electron chi connectivity index (χ4n) is 3.35. The van der Waals surface area contributed by atoms with Gasteiger partial charge in [-0.05, 0) is 54.8 Å². The first-order chi connectivity index (χ1) is 15.1. The van der Waals surface area contributed by atoms with Gasteiger partial charge in [0.05, 0.1) is 23.3 Å². The smallest absolute Gasteiger partial charge is 0.166 e. The number of ketones is 1. The number of carbonyl (C=O) groups is 1. The first-order valence-corrected chi connectivity index (χ1v) is 10.8. The number of fused-ring (bicyclic) bond motifs is 2. The number of carbonyl (C=O) groups excluding carboxylic acids is 1. The summed E-state index contributed by atoms with van der Waals surface area (Å²) >= 11 is 11.2. The quantitative estimate of drug-likeness (QED) is 0.275. The SMILES string of the molecule is N#Cc1ccc2[nH]cc(C(=O)CCCl)c2c1.N#Cc1ccc2[nH]cc(CCCCl)c2c1. The van der Waals surface area contributed by atoms with Crippen molar-refractivity contribution in [2.75, 3.05) is 11.8 Å². The summed E-state index contributed by atoms with van der Waals surface area (Å²) in [5, 5.41) is 19.5. The number of hydrogen-bond acceptors (Lipinski definition) is 3. The fraction of sp³-hybridized carbons (Fsp3) is 0.208. The topological polar surface area (TPSA) is 96.2 Å². The number of hydrogen-bond donors (Lipinski definition) is 2. The van der Waals surface area contributed by atoms with E-state index in [4.69, 9.17) is 33.7 Å². The largest absolute Gasteiger partial charge is 0.361 e. The maximum Gasteiger partial charge on any atom is 0.166 e. The van der Waals surface area contributed by atoms with Crippen LogP contribution in [0.2, 0.25) is 0 Å². The van der Waals surface area contributed by atoms with Crippen molar-refractivity contribution in [3.8, 4) is 12.1 Å². The molecule has 0 saturated carbocycles. The van der Waals surface area contributed by atoms with Crippen molar-refractivity contribution >= 4 is 50.8 Å². The number of aryl methyl sites for hydroxylation is 1. The van der Waals surface area contributed by atoms with Crippen LogP contribution >= 0.6 is 23.2 Å². The lowest BCUT2D eigenvalue weighted by Gasteiger charge is -1.97. The highest BCUT2D eigenvalue weighted by molar-refractivity contribution is 6.20. The average molecular weight is 451 g/mol. The van der Waals surface area contributed by atoms with E-state index in [0.29, 0.717) is 34.9 Å². The molecule has 0 aliphatic rings. The Hall–Kier alpha value is -3.25. The van der Waals surface area contributed by atoms with E-state index in [9.17, 15) is 4.79 Å². The molecule has 0 aliphatic carbocycles. The van der Waals surface area contributed by atoms with Crippen LogP contribution in [0.25, 0.3) is 21.8 Å². The number of aromatic nitrogens is 2. The molecule has 0 unspecified atom stereocenters. The molecule has 0 bridgehead atoms. The van der Waals surface area contributed by atoms with E-state index in [0.717, 1.165) is 34.6 Å². The average Bonchev–Trinajstić information content (AvgIpc) is 3.41. The number of aromatic amines is 2. The summed E-state index contributed by atoms with van der Waals surface area (Å²) in [5.41, 5.74) is 5.03. The summed E-state index contributed by atoms with van der Waals surface area (Å²) in [7, 11) is 0. The van der Waals surface area contributed by atoms with Crippen molar-refractivity contribution in [1.29, 1.82) is 10.5 Å². The minimum Gasteiger partial charge on any atom is -0.361 e. The highest BCUT2D eigenvalue weighted by Gasteiger charge is 2.11. The molecule has 0 spiro atoms. The molecular formula is C24H20Cl2N4O. The van der Waals surface area contributed by atoms with Crippen LogP contribution in [0.4, 0.5) is 0 Å². The van der Waals surface area contributed by atoms with Crippen LogP contribution in [-0.4, -0.2) is 27.5 Å². The Morgan fingerprint density at radius 1 is 0.871 bits per heavy atom. The Morgan fingerprint density at radius 2 is 1.48 bits per heavy atom. The number of nitrogens with one attached hydrogen (secondary N) is 2. The number of alkyl halides is 2. The number of nitrogens with zero attached hydrogens (tertiary/aromatic N) is 2. The van der Waals surface area contributed by atoms with E-state index < -0.39 is 0 Å². The maximum atomic E-state index is 11.7. The molecule has 0 saturated heterocycles. The second-order valence-electron chi connectivity index (χ2n) is 6.92. The number of Topliss-reactive ketones (excluding diaryl/α,β-unsaturated/α-hetero) is 1. The van der Waals surface area contributed by atoms with Crippen molar-refractivity contribution in [3.05, 3.63) is 71.0 Å². The molecule has 156 valence electrons. The van der Waals surface area contributed by atoms with Gasteiger partial charge in [-0.2, -0.15) is 10.5 Å². The van der Waals surface area contributed by atoms with Gasteiger partial charge in [-0.15, -0.1) is 23.2 Å². The molecule has 4 aromatic rings. The third-order valence-electron chi connectivity index (χ3n) is 4.91. The van der Waals surface area contributed by atoms with Gasteiger partial charge in [0.15, 0.2) is 5.78 Å². The van der Waals surface area contributed by atoms with E-state index in [1.807, 2.05) is 24.4 Å². The first-order valence-electron chi connectivity index (χ1n) is 9.77. The van der Waals surface area contributed by atoms with Crippen molar-refractivity contribution in [2.45, 2.75) is 19.3 Å². The zero-order valence-corrected chi connectivity index (χ0v) is 18.2. The molecule has 4 rings (SSSR count). The molecule has 0 atom stereocenters. The fourth-order valence-corrected chi connectivity index (χ4v) is 3.66. The lowest BCUT2D eigenvalue weighted by atomic mass is 10.1. The summed E-state index contributed by atoms with van der Waals surface area (Å²) in [6, 6.07) is 15.1. The zero-order chi connectivity index (χ0) is 22.2. The van der Waals surface area contributed by atoms with Crippen molar-refractivity contribution in [3.63, 3.8) is 0 Å². The van der Waals surface area contributed by atoms with Gasteiger partial charge in [0.1, 0.15) is 0 Å². The van der Waals surface area contributed by atoms with E-state index >= 15 is 0 Å². The monoisotopic (exact) mass is 450 g/mol. The second kappa shape index (κ2) is 10.7. The summed E-state index contributed by atoms with van der Waals surface area (Å²) in [6.45, 7) is 0. The second-order valence-corrected chi connectivity index (χ2v) is 7.67. The minimum atomic E-state index is -0.00339. The molecule has 0 radical (unpaired) electrons. The molecular weight excluding hydrogens is 431 g/mol.